The zero-order valence-electron chi connectivity index (χ0n) is 22.0. The SMILES string of the molecule is C#CCCCCCCO[C@]1(C(=O)O)C[C@H](O)[C@@H](NC(=O)CO)[C@H]([C@H](O)[C@H](O)CNC(=O)Cc2ccc(Cl)cc2)O1. The molecule has 1 heterocycles. The van der Waals surface area contributed by atoms with Crippen LogP contribution in [-0.4, -0.2) is 99.3 Å². The number of amides is 2. The van der Waals surface area contributed by atoms with E-state index in [9.17, 15) is 34.8 Å². The summed E-state index contributed by atoms with van der Waals surface area (Å²) < 4.78 is 11.2. The number of terminal acetylenes is 1. The number of unbranched alkanes of at least 4 members (excludes halogenated alkanes) is 4. The molecule has 0 bridgehead atoms. The maximum Gasteiger partial charge on any atom is 0.364 e. The van der Waals surface area contributed by atoms with Gasteiger partial charge in [-0.1, -0.05) is 36.6 Å². The number of aliphatic hydroxyl groups excluding tert-OH is 4. The lowest BCUT2D eigenvalue weighted by atomic mass is 9.88. The van der Waals surface area contributed by atoms with Crippen molar-refractivity contribution >= 4 is 29.4 Å². The van der Waals surface area contributed by atoms with Crippen molar-refractivity contribution in [2.45, 2.75) is 81.2 Å². The summed E-state index contributed by atoms with van der Waals surface area (Å²) >= 11 is 5.84. The lowest BCUT2D eigenvalue weighted by Gasteiger charge is -2.46. The third-order valence-corrected chi connectivity index (χ3v) is 6.69. The molecule has 2 rings (SSSR count). The van der Waals surface area contributed by atoms with E-state index in [1.807, 2.05) is 0 Å². The van der Waals surface area contributed by atoms with Crippen LogP contribution in [0.5, 0.6) is 0 Å². The molecule has 1 fully saturated rings. The smallest absolute Gasteiger partial charge is 0.364 e. The first-order valence-corrected chi connectivity index (χ1v) is 13.3. The van der Waals surface area contributed by atoms with Gasteiger partial charge in [-0.25, -0.2) is 4.79 Å². The van der Waals surface area contributed by atoms with Crippen LogP contribution >= 0.6 is 11.6 Å². The molecule has 1 aromatic rings. The van der Waals surface area contributed by atoms with Crippen molar-refractivity contribution in [1.82, 2.24) is 10.6 Å². The van der Waals surface area contributed by atoms with Crippen molar-refractivity contribution in [3.63, 3.8) is 0 Å². The Hall–Kier alpha value is -2.76. The van der Waals surface area contributed by atoms with Crippen LogP contribution in [0, 0.1) is 12.3 Å². The molecule has 0 spiro atoms. The molecular formula is C27H37ClN2O10. The fraction of sp³-hybridized carbons (Fsp3) is 0.593. The largest absolute Gasteiger partial charge is 0.477 e. The van der Waals surface area contributed by atoms with E-state index >= 15 is 0 Å². The van der Waals surface area contributed by atoms with Crippen molar-refractivity contribution in [2.24, 2.45) is 0 Å². The summed E-state index contributed by atoms with van der Waals surface area (Å²) in [6.45, 7) is -1.45. The molecule has 12 nitrogen and oxygen atoms in total. The number of aliphatic hydroxyl groups is 4. The molecule has 1 aliphatic rings. The number of hydrogen-bond acceptors (Lipinski definition) is 9. The molecule has 1 saturated heterocycles. The van der Waals surface area contributed by atoms with Crippen LogP contribution in [0.1, 0.15) is 44.1 Å². The molecule has 40 heavy (non-hydrogen) atoms. The topological polar surface area (TPSA) is 195 Å². The number of ether oxygens (including phenoxy) is 2. The number of carboxylic acids is 1. The van der Waals surface area contributed by atoms with Crippen LogP contribution in [0.4, 0.5) is 0 Å². The van der Waals surface area contributed by atoms with Crippen LogP contribution in [0.2, 0.25) is 5.02 Å². The minimum Gasteiger partial charge on any atom is -0.477 e. The van der Waals surface area contributed by atoms with Gasteiger partial charge in [0.2, 0.25) is 11.8 Å². The molecule has 13 heteroatoms. The van der Waals surface area contributed by atoms with E-state index in [2.05, 4.69) is 16.6 Å². The minimum atomic E-state index is -2.39. The molecule has 1 aromatic carbocycles. The Balaban J connectivity index is 2.10. The summed E-state index contributed by atoms with van der Waals surface area (Å²) in [6.07, 6.45) is 1.14. The number of carboxylic acid groups (broad SMARTS) is 1. The standard InChI is InChI=1S/C27H37ClN2O10/c1-2-3-4-5-6-7-12-39-27(26(37)38)14-19(32)23(30-22(35)16-31)25(40-27)24(36)20(33)15-29-21(34)13-17-8-10-18(28)11-9-17/h1,8-11,19-20,23-25,31-33,36H,3-7,12-16H2,(H,29,34)(H,30,35)(H,37,38)/t19-,20+,23+,24+,25+,27+/m0/s1. The van der Waals surface area contributed by atoms with Crippen LogP contribution in [-0.2, 0) is 30.3 Å². The molecule has 7 N–H and O–H groups in total. The number of rotatable bonds is 16. The Labute approximate surface area is 237 Å². The van der Waals surface area contributed by atoms with E-state index in [4.69, 9.17) is 32.6 Å². The van der Waals surface area contributed by atoms with Gasteiger partial charge in [-0.2, -0.15) is 0 Å². The number of benzene rings is 1. The molecule has 6 atom stereocenters. The fourth-order valence-electron chi connectivity index (χ4n) is 4.27. The highest BCUT2D eigenvalue weighted by Gasteiger charge is 2.55. The van der Waals surface area contributed by atoms with E-state index in [-0.39, 0.29) is 13.0 Å². The van der Waals surface area contributed by atoms with Gasteiger partial charge in [0, 0.05) is 24.4 Å². The highest BCUT2D eigenvalue weighted by molar-refractivity contribution is 6.30. The number of halogens is 1. The van der Waals surface area contributed by atoms with Crippen LogP contribution in [0.3, 0.4) is 0 Å². The summed E-state index contributed by atoms with van der Waals surface area (Å²) in [5, 5.41) is 56.7. The van der Waals surface area contributed by atoms with Crippen molar-refractivity contribution < 1.29 is 49.4 Å². The zero-order chi connectivity index (χ0) is 29.7. The van der Waals surface area contributed by atoms with Crippen molar-refractivity contribution in [3.8, 4) is 12.3 Å². The molecule has 0 radical (unpaired) electrons. The molecule has 1 aliphatic heterocycles. The number of hydrogen-bond donors (Lipinski definition) is 7. The molecule has 222 valence electrons. The lowest BCUT2D eigenvalue weighted by molar-refractivity contribution is -0.310. The predicted molar refractivity (Wildman–Crippen MR) is 143 cm³/mol. The van der Waals surface area contributed by atoms with Gasteiger partial charge in [-0.3, -0.25) is 9.59 Å². The van der Waals surface area contributed by atoms with Crippen molar-refractivity contribution in [1.29, 1.82) is 0 Å². The second-order valence-corrected chi connectivity index (χ2v) is 9.98. The highest BCUT2D eigenvalue weighted by Crippen LogP contribution is 2.34. The Morgan fingerprint density at radius 1 is 1.15 bits per heavy atom. The van der Waals surface area contributed by atoms with Crippen molar-refractivity contribution in [3.05, 3.63) is 34.9 Å². The Morgan fingerprint density at radius 3 is 2.45 bits per heavy atom. The number of aliphatic carboxylic acids is 1. The van der Waals surface area contributed by atoms with Gasteiger partial charge >= 0.3 is 5.97 Å². The Bertz CT molecular complexity index is 1020. The van der Waals surface area contributed by atoms with Gasteiger partial charge in [0.25, 0.3) is 5.79 Å². The molecule has 0 aliphatic carbocycles. The number of nitrogens with one attached hydrogen (secondary N) is 2. The first-order chi connectivity index (χ1) is 19.0. The molecular weight excluding hydrogens is 548 g/mol. The summed E-state index contributed by atoms with van der Waals surface area (Å²) in [6, 6.07) is 5.13. The highest BCUT2D eigenvalue weighted by atomic mass is 35.5. The van der Waals surface area contributed by atoms with Gasteiger partial charge in [-0.05, 0) is 30.5 Å². The summed E-state index contributed by atoms with van der Waals surface area (Å²) in [7, 11) is 0. The number of carbonyl (C=O) groups excluding carboxylic acids is 2. The second kappa shape index (κ2) is 16.5. The second-order valence-electron chi connectivity index (χ2n) is 9.55. The van der Waals surface area contributed by atoms with Gasteiger partial charge < -0.3 is 45.6 Å². The molecule has 0 unspecified atom stereocenters. The maximum absolute atomic E-state index is 12.3. The predicted octanol–water partition coefficient (Wildman–Crippen LogP) is -0.271. The van der Waals surface area contributed by atoms with Gasteiger partial charge in [-0.15, -0.1) is 12.3 Å². The molecule has 0 saturated carbocycles. The average molecular weight is 585 g/mol. The molecule has 2 amide bonds. The van der Waals surface area contributed by atoms with Gasteiger partial charge in [0.1, 0.15) is 18.8 Å². The van der Waals surface area contributed by atoms with Crippen molar-refractivity contribution in [2.75, 3.05) is 19.8 Å². The monoisotopic (exact) mass is 584 g/mol. The Kier molecular flexibility index (Phi) is 13.8. The minimum absolute atomic E-state index is 0.0352. The summed E-state index contributed by atoms with van der Waals surface area (Å²) in [4.78, 5) is 36.5. The van der Waals surface area contributed by atoms with E-state index in [1.54, 1.807) is 24.3 Å². The lowest BCUT2D eigenvalue weighted by Crippen LogP contribution is -2.68. The van der Waals surface area contributed by atoms with Crippen LogP contribution in [0.25, 0.3) is 0 Å². The van der Waals surface area contributed by atoms with E-state index in [0.717, 1.165) is 12.8 Å². The third kappa shape index (κ3) is 10.0. The van der Waals surface area contributed by atoms with Crippen LogP contribution < -0.4 is 10.6 Å². The summed E-state index contributed by atoms with van der Waals surface area (Å²) in [5.41, 5.74) is 0.655. The quantitative estimate of drug-likeness (QED) is 0.100. The normalized spacial score (nSPS) is 23.9. The third-order valence-electron chi connectivity index (χ3n) is 6.44. The average Bonchev–Trinajstić information content (AvgIpc) is 2.93. The van der Waals surface area contributed by atoms with Gasteiger partial charge in [0.05, 0.1) is 31.3 Å². The first-order valence-electron chi connectivity index (χ1n) is 13.0. The van der Waals surface area contributed by atoms with Crippen LogP contribution in [0.15, 0.2) is 24.3 Å². The van der Waals surface area contributed by atoms with Gasteiger partial charge in [0.15, 0.2) is 0 Å². The zero-order valence-corrected chi connectivity index (χ0v) is 22.8. The van der Waals surface area contributed by atoms with E-state index in [1.165, 1.54) is 0 Å². The first kappa shape index (κ1) is 33.4. The summed E-state index contributed by atoms with van der Waals surface area (Å²) in [5.74, 6) is -2.83. The Morgan fingerprint density at radius 2 is 1.82 bits per heavy atom. The fourth-order valence-corrected chi connectivity index (χ4v) is 4.40. The maximum atomic E-state index is 12.3. The van der Waals surface area contributed by atoms with E-state index in [0.29, 0.717) is 29.8 Å². The van der Waals surface area contributed by atoms with E-state index < -0.39 is 73.6 Å². The number of carbonyl (C=O) groups is 3. The molecule has 0 aromatic heterocycles.